The van der Waals surface area contributed by atoms with Crippen LogP contribution >= 0.6 is 0 Å². The van der Waals surface area contributed by atoms with E-state index in [-0.39, 0.29) is 0 Å². The monoisotopic (exact) mass is 224 g/mol. The maximum atomic E-state index is 5.69. The van der Waals surface area contributed by atoms with E-state index in [1.54, 1.807) is 7.11 Å². The number of nitrogens with zero attached hydrogens (tertiary/aromatic N) is 3. The molecule has 0 aliphatic carbocycles. The third-order valence-corrected chi connectivity index (χ3v) is 3.22. The van der Waals surface area contributed by atoms with E-state index in [0.29, 0.717) is 5.92 Å². The molecule has 2 rings (SSSR count). The smallest absolute Gasteiger partial charge is 0.133 e. The van der Waals surface area contributed by atoms with E-state index in [9.17, 15) is 0 Å². The number of nitrogens with two attached hydrogens (primary N) is 1. The average Bonchev–Trinajstić information content (AvgIpc) is 2.72. The molecule has 0 saturated carbocycles. The number of hydrogen-bond donors (Lipinski definition) is 1. The first-order chi connectivity index (χ1) is 7.85. The van der Waals surface area contributed by atoms with Gasteiger partial charge in [0.25, 0.3) is 0 Å². The van der Waals surface area contributed by atoms with Crippen molar-refractivity contribution in [3.05, 3.63) is 11.6 Å². The highest BCUT2D eigenvalue weighted by Crippen LogP contribution is 2.19. The predicted octanol–water partition coefficient (Wildman–Crippen LogP) is 0.378. The zero-order valence-corrected chi connectivity index (χ0v) is 9.85. The van der Waals surface area contributed by atoms with Crippen molar-refractivity contribution in [2.24, 2.45) is 11.7 Å². The molecule has 0 saturated heterocycles. The Kier molecular flexibility index (Phi) is 3.90. The summed E-state index contributed by atoms with van der Waals surface area (Å²) in [6, 6.07) is 0. The lowest BCUT2D eigenvalue weighted by Crippen LogP contribution is -2.26. The third-order valence-electron chi connectivity index (χ3n) is 3.22. The van der Waals surface area contributed by atoms with Crippen molar-refractivity contribution in [3.63, 3.8) is 0 Å². The summed E-state index contributed by atoms with van der Waals surface area (Å²) in [6.45, 7) is 2.56. The van der Waals surface area contributed by atoms with Gasteiger partial charge in [-0.2, -0.15) is 0 Å². The minimum absolute atomic E-state index is 0.587. The van der Waals surface area contributed by atoms with Crippen LogP contribution in [-0.2, 0) is 24.1 Å². The Morgan fingerprint density at radius 2 is 2.38 bits per heavy atom. The molecule has 2 heterocycles. The van der Waals surface area contributed by atoms with E-state index >= 15 is 0 Å². The highest BCUT2D eigenvalue weighted by atomic mass is 16.5. The van der Waals surface area contributed by atoms with Crippen LogP contribution in [0, 0.1) is 5.92 Å². The van der Waals surface area contributed by atoms with Gasteiger partial charge in [-0.1, -0.05) is 0 Å². The lowest BCUT2D eigenvalue weighted by atomic mass is 9.98. The molecule has 5 heteroatoms. The molecule has 1 aromatic rings. The van der Waals surface area contributed by atoms with Gasteiger partial charge in [-0.3, -0.25) is 0 Å². The summed E-state index contributed by atoms with van der Waals surface area (Å²) in [5, 5.41) is 8.51. The second kappa shape index (κ2) is 5.41. The first-order valence-electron chi connectivity index (χ1n) is 5.95. The summed E-state index contributed by atoms with van der Waals surface area (Å²) in [6.07, 6.45) is 4.09. The molecule has 1 atom stereocenters. The fourth-order valence-electron chi connectivity index (χ4n) is 2.21. The van der Waals surface area contributed by atoms with E-state index in [1.807, 2.05) is 0 Å². The van der Waals surface area contributed by atoms with Crippen molar-refractivity contribution in [2.45, 2.75) is 32.2 Å². The first kappa shape index (κ1) is 11.5. The number of fused-ring (bicyclic) bond motifs is 1. The van der Waals surface area contributed by atoms with Crippen LogP contribution in [0.15, 0.2) is 0 Å². The molecular formula is C11H20N4O. The topological polar surface area (TPSA) is 66.0 Å². The van der Waals surface area contributed by atoms with E-state index in [1.165, 1.54) is 0 Å². The van der Waals surface area contributed by atoms with Gasteiger partial charge >= 0.3 is 0 Å². The summed E-state index contributed by atoms with van der Waals surface area (Å²) in [7, 11) is 1.73. The largest absolute Gasteiger partial charge is 0.385 e. The van der Waals surface area contributed by atoms with Gasteiger partial charge in [-0.25, -0.2) is 0 Å². The van der Waals surface area contributed by atoms with Gasteiger partial charge in [0, 0.05) is 33.1 Å². The Morgan fingerprint density at radius 3 is 3.12 bits per heavy atom. The van der Waals surface area contributed by atoms with Gasteiger partial charge in [-0.05, 0) is 25.3 Å². The quantitative estimate of drug-likeness (QED) is 0.734. The van der Waals surface area contributed by atoms with Gasteiger partial charge in [-0.15, -0.1) is 10.2 Å². The summed E-state index contributed by atoms with van der Waals surface area (Å²) >= 11 is 0. The Labute approximate surface area is 96.0 Å². The molecule has 1 aliphatic heterocycles. The van der Waals surface area contributed by atoms with Crippen LogP contribution < -0.4 is 5.73 Å². The number of methoxy groups -OCH3 is 1. The van der Waals surface area contributed by atoms with Crippen molar-refractivity contribution >= 4 is 0 Å². The Balaban J connectivity index is 1.99. The van der Waals surface area contributed by atoms with Gasteiger partial charge in [0.05, 0.1) is 0 Å². The maximum Gasteiger partial charge on any atom is 0.133 e. The molecule has 0 fully saturated rings. The standard InChI is InChI=1S/C11H20N4O/c1-16-6-2-3-10-13-14-11-7-9(8-12)4-5-15(10)11/h9H,2-8,12H2,1H3. The molecule has 0 radical (unpaired) electrons. The zero-order chi connectivity index (χ0) is 11.4. The molecule has 16 heavy (non-hydrogen) atoms. The number of ether oxygens (including phenoxy) is 1. The normalized spacial score (nSPS) is 19.8. The van der Waals surface area contributed by atoms with Crippen LogP contribution in [0.1, 0.15) is 24.5 Å². The van der Waals surface area contributed by atoms with Crippen LogP contribution in [0.3, 0.4) is 0 Å². The molecule has 1 aliphatic rings. The fourth-order valence-corrected chi connectivity index (χ4v) is 2.21. The van der Waals surface area contributed by atoms with E-state index in [4.69, 9.17) is 10.5 Å². The van der Waals surface area contributed by atoms with Gasteiger partial charge in [0.1, 0.15) is 11.6 Å². The predicted molar refractivity (Wildman–Crippen MR) is 61.1 cm³/mol. The van der Waals surface area contributed by atoms with Crippen molar-refractivity contribution in [1.82, 2.24) is 14.8 Å². The molecule has 90 valence electrons. The molecule has 0 spiro atoms. The van der Waals surface area contributed by atoms with E-state index in [0.717, 1.165) is 57.0 Å². The Hall–Kier alpha value is -0.940. The molecule has 1 unspecified atom stereocenters. The average molecular weight is 224 g/mol. The fraction of sp³-hybridized carbons (Fsp3) is 0.818. The molecule has 5 nitrogen and oxygen atoms in total. The summed E-state index contributed by atoms with van der Waals surface area (Å²) < 4.78 is 7.30. The minimum atomic E-state index is 0.587. The SMILES string of the molecule is COCCCc1nnc2n1CCC(CN)C2. The van der Waals surface area contributed by atoms with Crippen molar-refractivity contribution in [1.29, 1.82) is 0 Å². The summed E-state index contributed by atoms with van der Waals surface area (Å²) in [5.74, 6) is 2.79. The molecular weight excluding hydrogens is 204 g/mol. The second-order valence-corrected chi connectivity index (χ2v) is 4.37. The third kappa shape index (κ3) is 2.41. The van der Waals surface area contributed by atoms with Crippen molar-refractivity contribution < 1.29 is 4.74 Å². The first-order valence-corrected chi connectivity index (χ1v) is 5.95. The second-order valence-electron chi connectivity index (χ2n) is 4.37. The molecule has 0 aromatic carbocycles. The van der Waals surface area contributed by atoms with Crippen LogP contribution in [-0.4, -0.2) is 35.0 Å². The van der Waals surface area contributed by atoms with Crippen LogP contribution in [0.25, 0.3) is 0 Å². The van der Waals surface area contributed by atoms with Crippen LogP contribution in [0.2, 0.25) is 0 Å². The molecule has 0 amide bonds. The lowest BCUT2D eigenvalue weighted by Gasteiger charge is -2.22. The number of aryl methyl sites for hydroxylation is 1. The van der Waals surface area contributed by atoms with Crippen molar-refractivity contribution in [2.75, 3.05) is 20.3 Å². The number of aromatic nitrogens is 3. The van der Waals surface area contributed by atoms with Gasteiger partial charge in [0.2, 0.25) is 0 Å². The summed E-state index contributed by atoms with van der Waals surface area (Å²) in [4.78, 5) is 0. The van der Waals surface area contributed by atoms with E-state index in [2.05, 4.69) is 14.8 Å². The molecule has 0 bridgehead atoms. The number of hydrogen-bond acceptors (Lipinski definition) is 4. The highest BCUT2D eigenvalue weighted by Gasteiger charge is 2.21. The Bertz CT molecular complexity index is 337. The maximum absolute atomic E-state index is 5.69. The Morgan fingerprint density at radius 1 is 1.50 bits per heavy atom. The zero-order valence-electron chi connectivity index (χ0n) is 9.85. The van der Waals surface area contributed by atoms with Crippen molar-refractivity contribution in [3.8, 4) is 0 Å². The van der Waals surface area contributed by atoms with Crippen LogP contribution in [0.5, 0.6) is 0 Å². The highest BCUT2D eigenvalue weighted by molar-refractivity contribution is 5.00. The molecule has 2 N–H and O–H groups in total. The van der Waals surface area contributed by atoms with Gasteiger partial charge < -0.3 is 15.0 Å². The summed E-state index contributed by atoms with van der Waals surface area (Å²) in [5.41, 5.74) is 5.69. The minimum Gasteiger partial charge on any atom is -0.385 e. The van der Waals surface area contributed by atoms with E-state index < -0.39 is 0 Å². The van der Waals surface area contributed by atoms with Gasteiger partial charge in [0.15, 0.2) is 0 Å². The van der Waals surface area contributed by atoms with Crippen LogP contribution in [0.4, 0.5) is 0 Å². The number of rotatable bonds is 5. The molecule has 1 aromatic heterocycles. The lowest BCUT2D eigenvalue weighted by molar-refractivity contribution is 0.194.